The molecule has 1 aliphatic carbocycles. The maximum Gasteiger partial charge on any atom is 0.339 e. The SMILES string of the molecule is C[C@@H]1C[C@H](C)CN(C(=O)COC(=O)c2c3c(nc4ccccc24)CCCC3)C1. The molecule has 0 unspecified atom stereocenters. The molecule has 1 saturated heterocycles. The summed E-state index contributed by atoms with van der Waals surface area (Å²) in [5, 5.41) is 0.820. The summed E-state index contributed by atoms with van der Waals surface area (Å²) in [4.78, 5) is 32.2. The minimum atomic E-state index is -0.400. The van der Waals surface area contributed by atoms with Crippen LogP contribution in [-0.4, -0.2) is 41.5 Å². The molecule has 2 atom stereocenters. The molecule has 2 heterocycles. The van der Waals surface area contributed by atoms with Crippen molar-refractivity contribution in [2.75, 3.05) is 19.7 Å². The zero-order valence-corrected chi connectivity index (χ0v) is 16.7. The van der Waals surface area contributed by atoms with Crippen LogP contribution in [0.2, 0.25) is 0 Å². The van der Waals surface area contributed by atoms with Crippen LogP contribution in [0.4, 0.5) is 0 Å². The van der Waals surface area contributed by atoms with E-state index in [2.05, 4.69) is 13.8 Å². The van der Waals surface area contributed by atoms with Gasteiger partial charge in [-0.2, -0.15) is 0 Å². The molecule has 2 aliphatic rings. The molecule has 0 radical (unpaired) electrons. The van der Waals surface area contributed by atoms with E-state index in [0.717, 1.165) is 67.4 Å². The van der Waals surface area contributed by atoms with Crippen molar-refractivity contribution in [2.24, 2.45) is 11.8 Å². The molecule has 0 spiro atoms. The van der Waals surface area contributed by atoms with E-state index in [4.69, 9.17) is 9.72 Å². The number of pyridine rings is 1. The number of para-hydroxylation sites is 1. The van der Waals surface area contributed by atoms with Gasteiger partial charge in [-0.3, -0.25) is 9.78 Å². The number of ether oxygens (including phenoxy) is 1. The minimum Gasteiger partial charge on any atom is -0.452 e. The van der Waals surface area contributed by atoms with Gasteiger partial charge in [-0.05, 0) is 55.6 Å². The van der Waals surface area contributed by atoms with Crippen LogP contribution in [0.1, 0.15) is 54.7 Å². The van der Waals surface area contributed by atoms with Gasteiger partial charge in [0.1, 0.15) is 0 Å². The number of benzene rings is 1. The quantitative estimate of drug-likeness (QED) is 0.761. The van der Waals surface area contributed by atoms with Gasteiger partial charge in [0.25, 0.3) is 5.91 Å². The van der Waals surface area contributed by atoms with Crippen LogP contribution in [0.15, 0.2) is 24.3 Å². The number of hydrogen-bond acceptors (Lipinski definition) is 4. The van der Waals surface area contributed by atoms with Gasteiger partial charge in [0.2, 0.25) is 0 Å². The third-order valence-electron chi connectivity index (χ3n) is 5.92. The fraction of sp³-hybridized carbons (Fsp3) is 0.522. The van der Waals surface area contributed by atoms with Crippen LogP contribution < -0.4 is 0 Å². The van der Waals surface area contributed by atoms with Crippen LogP contribution >= 0.6 is 0 Å². The van der Waals surface area contributed by atoms with Gasteiger partial charge in [0, 0.05) is 24.2 Å². The summed E-state index contributed by atoms with van der Waals surface area (Å²) in [7, 11) is 0. The third-order valence-corrected chi connectivity index (χ3v) is 5.92. The number of esters is 1. The highest BCUT2D eigenvalue weighted by Gasteiger charge is 2.28. The lowest BCUT2D eigenvalue weighted by atomic mass is 9.90. The molecule has 148 valence electrons. The molecule has 5 nitrogen and oxygen atoms in total. The summed E-state index contributed by atoms with van der Waals surface area (Å²) in [6.07, 6.45) is 5.01. The summed E-state index contributed by atoms with van der Waals surface area (Å²) in [6.45, 7) is 5.63. The summed E-state index contributed by atoms with van der Waals surface area (Å²) in [5.74, 6) is 0.473. The Morgan fingerprint density at radius 2 is 1.82 bits per heavy atom. The molecule has 5 heteroatoms. The molecule has 1 aromatic heterocycles. The van der Waals surface area contributed by atoms with Crippen molar-refractivity contribution < 1.29 is 14.3 Å². The number of amides is 1. The van der Waals surface area contributed by atoms with Crippen molar-refractivity contribution in [2.45, 2.75) is 46.0 Å². The number of likely N-dealkylation sites (tertiary alicyclic amines) is 1. The monoisotopic (exact) mass is 380 g/mol. The van der Waals surface area contributed by atoms with E-state index in [1.165, 1.54) is 0 Å². The number of piperidine rings is 1. The molecule has 1 fully saturated rings. The first kappa shape index (κ1) is 18.9. The second-order valence-electron chi connectivity index (χ2n) is 8.46. The Bertz CT molecular complexity index is 898. The van der Waals surface area contributed by atoms with Crippen LogP contribution in [0.5, 0.6) is 0 Å². The first-order valence-corrected chi connectivity index (χ1v) is 10.4. The fourth-order valence-corrected chi connectivity index (χ4v) is 4.76. The van der Waals surface area contributed by atoms with Crippen molar-refractivity contribution in [3.63, 3.8) is 0 Å². The largest absolute Gasteiger partial charge is 0.452 e. The molecule has 28 heavy (non-hydrogen) atoms. The smallest absolute Gasteiger partial charge is 0.339 e. The normalized spacial score (nSPS) is 22.0. The second-order valence-corrected chi connectivity index (χ2v) is 8.46. The van der Waals surface area contributed by atoms with E-state index in [9.17, 15) is 9.59 Å². The van der Waals surface area contributed by atoms with Gasteiger partial charge in [-0.15, -0.1) is 0 Å². The van der Waals surface area contributed by atoms with Crippen molar-refractivity contribution >= 4 is 22.8 Å². The number of hydrogen-bond donors (Lipinski definition) is 0. The molecule has 1 aliphatic heterocycles. The Labute approximate surface area is 166 Å². The Morgan fingerprint density at radius 1 is 1.11 bits per heavy atom. The summed E-state index contributed by atoms with van der Waals surface area (Å²) in [6, 6.07) is 7.70. The maximum absolute atomic E-state index is 13.0. The topological polar surface area (TPSA) is 59.5 Å². The lowest BCUT2D eigenvalue weighted by Crippen LogP contribution is -2.44. The standard InChI is InChI=1S/C23H28N2O3/c1-15-11-16(2)13-25(12-15)21(26)14-28-23(27)22-17-7-3-5-9-19(17)24-20-10-6-4-8-18(20)22/h3,5,7,9,15-16H,4,6,8,10-14H2,1-2H3/t15-,16+. The number of aryl methyl sites for hydroxylation is 1. The number of carbonyl (C=O) groups is 2. The van der Waals surface area contributed by atoms with Gasteiger partial charge in [-0.25, -0.2) is 4.79 Å². The second kappa shape index (κ2) is 7.90. The molecule has 0 bridgehead atoms. The van der Waals surface area contributed by atoms with Crippen molar-refractivity contribution in [1.82, 2.24) is 9.88 Å². The number of rotatable bonds is 3. The Kier molecular flexibility index (Phi) is 5.33. The lowest BCUT2D eigenvalue weighted by molar-refractivity contribution is -0.137. The van der Waals surface area contributed by atoms with E-state index in [-0.39, 0.29) is 12.5 Å². The van der Waals surface area contributed by atoms with E-state index in [0.29, 0.717) is 17.4 Å². The molecule has 0 saturated carbocycles. The van der Waals surface area contributed by atoms with Gasteiger partial charge in [0.05, 0.1) is 11.1 Å². The Morgan fingerprint density at radius 3 is 2.61 bits per heavy atom. The molecule has 0 N–H and O–H groups in total. The highest BCUT2D eigenvalue weighted by atomic mass is 16.5. The number of fused-ring (bicyclic) bond motifs is 2. The predicted molar refractivity (Wildman–Crippen MR) is 108 cm³/mol. The van der Waals surface area contributed by atoms with E-state index in [1.54, 1.807) is 0 Å². The third kappa shape index (κ3) is 3.75. The van der Waals surface area contributed by atoms with Crippen LogP contribution in [0, 0.1) is 11.8 Å². The van der Waals surface area contributed by atoms with Crippen molar-refractivity contribution in [3.8, 4) is 0 Å². The van der Waals surface area contributed by atoms with Crippen molar-refractivity contribution in [3.05, 3.63) is 41.1 Å². The molecule has 1 aromatic carbocycles. The van der Waals surface area contributed by atoms with Crippen molar-refractivity contribution in [1.29, 1.82) is 0 Å². The average molecular weight is 380 g/mol. The number of nitrogens with zero attached hydrogens (tertiary/aromatic N) is 2. The van der Waals surface area contributed by atoms with Crippen LogP contribution in [0.3, 0.4) is 0 Å². The summed E-state index contributed by atoms with van der Waals surface area (Å²) in [5.41, 5.74) is 3.43. The van der Waals surface area contributed by atoms with Gasteiger partial charge in [0.15, 0.2) is 6.61 Å². The van der Waals surface area contributed by atoms with E-state index < -0.39 is 5.97 Å². The molecular formula is C23H28N2O3. The fourth-order valence-electron chi connectivity index (χ4n) is 4.76. The van der Waals surface area contributed by atoms with Gasteiger partial charge in [-0.1, -0.05) is 32.0 Å². The molecule has 4 rings (SSSR count). The lowest BCUT2D eigenvalue weighted by Gasteiger charge is -2.34. The molecule has 2 aromatic rings. The first-order chi connectivity index (χ1) is 13.5. The highest BCUT2D eigenvalue weighted by Crippen LogP contribution is 2.30. The Hall–Kier alpha value is -2.43. The summed E-state index contributed by atoms with van der Waals surface area (Å²) < 4.78 is 5.53. The maximum atomic E-state index is 13.0. The number of aromatic nitrogens is 1. The Balaban J connectivity index is 1.55. The van der Waals surface area contributed by atoms with E-state index in [1.807, 2.05) is 29.2 Å². The number of carbonyl (C=O) groups excluding carboxylic acids is 2. The molecular weight excluding hydrogens is 352 g/mol. The predicted octanol–water partition coefficient (Wildman–Crippen LogP) is 3.77. The zero-order valence-electron chi connectivity index (χ0n) is 16.7. The highest BCUT2D eigenvalue weighted by molar-refractivity contribution is 6.05. The first-order valence-electron chi connectivity index (χ1n) is 10.4. The summed E-state index contributed by atoms with van der Waals surface area (Å²) >= 11 is 0. The molecule has 1 amide bonds. The van der Waals surface area contributed by atoms with Gasteiger partial charge < -0.3 is 9.64 Å². The minimum absolute atomic E-state index is 0.0982. The zero-order chi connectivity index (χ0) is 19.7. The van der Waals surface area contributed by atoms with Gasteiger partial charge >= 0.3 is 5.97 Å². The average Bonchev–Trinajstić information content (AvgIpc) is 2.69. The van der Waals surface area contributed by atoms with Crippen LogP contribution in [-0.2, 0) is 22.4 Å². The van der Waals surface area contributed by atoms with E-state index >= 15 is 0 Å². The van der Waals surface area contributed by atoms with Crippen LogP contribution in [0.25, 0.3) is 10.9 Å².